The van der Waals surface area contributed by atoms with Gasteiger partial charge in [-0.05, 0) is 51.1 Å². The number of benzene rings is 2. The van der Waals surface area contributed by atoms with Gasteiger partial charge in [0.05, 0.1) is 18.0 Å². The fourth-order valence-electron chi connectivity index (χ4n) is 2.94. The summed E-state index contributed by atoms with van der Waals surface area (Å²) in [5.41, 5.74) is 2.18. The van der Waals surface area contributed by atoms with E-state index in [2.05, 4.69) is 0 Å². The lowest BCUT2D eigenvalue weighted by Gasteiger charge is -2.16. The molecule has 0 unspecified atom stereocenters. The minimum Gasteiger partial charge on any atom is -0.496 e. The molecule has 0 atom stereocenters. The molecule has 0 saturated carbocycles. The number of Topliss-reactive ketones (excluding diaryl/α,β-unsaturated/α-hetero) is 1. The van der Waals surface area contributed by atoms with Gasteiger partial charge in [0.1, 0.15) is 5.75 Å². The van der Waals surface area contributed by atoms with E-state index in [-0.39, 0.29) is 17.4 Å². The Bertz CT molecular complexity index is 1060. The number of nitrogens with zero attached hydrogens (tertiary/aromatic N) is 2. The van der Waals surface area contributed by atoms with Crippen molar-refractivity contribution in [2.24, 2.45) is 0 Å². The average Bonchev–Trinajstić information content (AvgIpc) is 2.65. The fourth-order valence-corrected chi connectivity index (χ4v) is 4.04. The summed E-state index contributed by atoms with van der Waals surface area (Å²) in [7, 11) is 1.61. The second kappa shape index (κ2) is 7.96. The molecule has 3 aromatic rings. The van der Waals surface area contributed by atoms with E-state index in [1.54, 1.807) is 36.8 Å². The average molecular weight is 382 g/mol. The Morgan fingerprint density at radius 2 is 1.96 bits per heavy atom. The van der Waals surface area contributed by atoms with Crippen molar-refractivity contribution in [2.45, 2.75) is 37.7 Å². The monoisotopic (exact) mass is 382 g/mol. The number of ketones is 1. The highest BCUT2D eigenvalue weighted by Crippen LogP contribution is 2.29. The van der Waals surface area contributed by atoms with Crippen molar-refractivity contribution >= 4 is 28.4 Å². The smallest absolute Gasteiger partial charge is 0.262 e. The molecule has 5 nitrogen and oxygen atoms in total. The summed E-state index contributed by atoms with van der Waals surface area (Å²) in [6.07, 6.45) is 0. The van der Waals surface area contributed by atoms with Crippen LogP contribution in [0.15, 0.2) is 52.4 Å². The summed E-state index contributed by atoms with van der Waals surface area (Å²) in [6, 6.07) is 12.8. The van der Waals surface area contributed by atoms with Gasteiger partial charge in [-0.2, -0.15) is 0 Å². The molecule has 0 bridgehead atoms. The molecule has 3 rings (SSSR count). The molecule has 0 saturated heterocycles. The number of hydrogen-bond acceptors (Lipinski definition) is 5. The predicted molar refractivity (Wildman–Crippen MR) is 109 cm³/mol. The van der Waals surface area contributed by atoms with Gasteiger partial charge in [0.15, 0.2) is 10.9 Å². The van der Waals surface area contributed by atoms with Gasteiger partial charge in [0, 0.05) is 22.9 Å². The minimum absolute atomic E-state index is 0.00632. The number of para-hydroxylation sites is 1. The SMILES string of the molecule is COc1ccc(C(C)=O)cc1CSc1nc2ccccc2c(=O)n1C(C)C. The maximum Gasteiger partial charge on any atom is 0.262 e. The molecule has 6 heteroatoms. The third-order valence-corrected chi connectivity index (χ3v) is 5.34. The maximum absolute atomic E-state index is 12.9. The van der Waals surface area contributed by atoms with Gasteiger partial charge in [-0.15, -0.1) is 0 Å². The topological polar surface area (TPSA) is 61.2 Å². The molecular formula is C21H22N2O3S. The minimum atomic E-state index is -0.0393. The van der Waals surface area contributed by atoms with Crippen LogP contribution in [0.2, 0.25) is 0 Å². The first-order chi connectivity index (χ1) is 12.9. The number of rotatable bonds is 6. The Labute approximate surface area is 162 Å². The number of carbonyl (C=O) groups excluding carboxylic acids is 1. The van der Waals surface area contributed by atoms with Crippen LogP contribution in [-0.2, 0) is 5.75 Å². The Morgan fingerprint density at radius 1 is 1.22 bits per heavy atom. The summed E-state index contributed by atoms with van der Waals surface area (Å²) in [6.45, 7) is 5.48. The number of fused-ring (bicyclic) bond motifs is 1. The number of hydrogen-bond donors (Lipinski definition) is 0. The van der Waals surface area contributed by atoms with Gasteiger partial charge >= 0.3 is 0 Å². The molecule has 1 heterocycles. The number of ether oxygens (including phenoxy) is 1. The molecule has 0 aliphatic heterocycles. The van der Waals surface area contributed by atoms with Crippen LogP contribution in [0.1, 0.15) is 42.7 Å². The van der Waals surface area contributed by atoms with E-state index in [0.29, 0.717) is 33.1 Å². The highest BCUT2D eigenvalue weighted by molar-refractivity contribution is 7.98. The molecule has 0 fully saturated rings. The quantitative estimate of drug-likeness (QED) is 0.357. The summed E-state index contributed by atoms with van der Waals surface area (Å²) in [4.78, 5) is 29.3. The van der Waals surface area contributed by atoms with Crippen LogP contribution in [0.5, 0.6) is 5.75 Å². The van der Waals surface area contributed by atoms with Crippen molar-refractivity contribution in [3.8, 4) is 5.75 Å². The summed E-state index contributed by atoms with van der Waals surface area (Å²) < 4.78 is 7.14. The largest absolute Gasteiger partial charge is 0.496 e. The molecular weight excluding hydrogens is 360 g/mol. The van der Waals surface area contributed by atoms with E-state index in [1.165, 1.54) is 11.8 Å². The molecule has 0 radical (unpaired) electrons. The number of carbonyl (C=O) groups is 1. The molecule has 2 aromatic carbocycles. The molecule has 0 aliphatic carbocycles. The van der Waals surface area contributed by atoms with Crippen molar-refractivity contribution in [2.75, 3.05) is 7.11 Å². The van der Waals surface area contributed by atoms with Gasteiger partial charge in [-0.25, -0.2) is 4.98 Å². The summed E-state index contributed by atoms with van der Waals surface area (Å²) in [5, 5.41) is 1.27. The van der Waals surface area contributed by atoms with Gasteiger partial charge in [-0.3, -0.25) is 14.2 Å². The lowest BCUT2D eigenvalue weighted by molar-refractivity contribution is 0.101. The van der Waals surface area contributed by atoms with Crippen LogP contribution >= 0.6 is 11.8 Å². The fraction of sp³-hybridized carbons (Fsp3) is 0.286. The Hall–Kier alpha value is -2.60. The van der Waals surface area contributed by atoms with Crippen molar-refractivity contribution in [3.63, 3.8) is 0 Å². The van der Waals surface area contributed by atoms with E-state index in [0.717, 1.165) is 5.56 Å². The summed E-state index contributed by atoms with van der Waals surface area (Å²) >= 11 is 1.47. The van der Waals surface area contributed by atoms with E-state index in [1.807, 2.05) is 38.1 Å². The highest BCUT2D eigenvalue weighted by atomic mass is 32.2. The van der Waals surface area contributed by atoms with Crippen molar-refractivity contribution in [3.05, 3.63) is 63.9 Å². The zero-order chi connectivity index (χ0) is 19.6. The van der Waals surface area contributed by atoms with Crippen LogP contribution in [-0.4, -0.2) is 22.4 Å². The van der Waals surface area contributed by atoms with Gasteiger partial charge in [-0.1, -0.05) is 23.9 Å². The second-order valence-corrected chi connectivity index (χ2v) is 7.49. The third kappa shape index (κ3) is 3.90. The van der Waals surface area contributed by atoms with Crippen molar-refractivity contribution < 1.29 is 9.53 Å². The van der Waals surface area contributed by atoms with Gasteiger partial charge < -0.3 is 4.74 Å². The maximum atomic E-state index is 12.9. The van der Waals surface area contributed by atoms with E-state index >= 15 is 0 Å². The molecule has 0 amide bonds. The van der Waals surface area contributed by atoms with Crippen LogP contribution in [0, 0.1) is 0 Å². The number of thioether (sulfide) groups is 1. The molecule has 0 aliphatic rings. The highest BCUT2D eigenvalue weighted by Gasteiger charge is 2.15. The molecule has 0 spiro atoms. The van der Waals surface area contributed by atoms with Crippen molar-refractivity contribution in [1.82, 2.24) is 9.55 Å². The first-order valence-electron chi connectivity index (χ1n) is 8.74. The first-order valence-corrected chi connectivity index (χ1v) is 9.73. The molecule has 1 aromatic heterocycles. The Kier molecular flexibility index (Phi) is 5.65. The standard InChI is InChI=1S/C21H22N2O3S/c1-13(2)23-20(25)17-7-5-6-8-18(17)22-21(23)27-12-16-11-15(14(3)24)9-10-19(16)26-4/h5-11,13H,12H2,1-4H3. The first kappa shape index (κ1) is 19.2. The van der Waals surface area contributed by atoms with Crippen LogP contribution in [0.25, 0.3) is 10.9 Å². The van der Waals surface area contributed by atoms with Crippen LogP contribution < -0.4 is 10.3 Å². The number of aromatic nitrogens is 2. The molecule has 140 valence electrons. The second-order valence-electron chi connectivity index (χ2n) is 6.55. The summed E-state index contributed by atoms with van der Waals surface area (Å²) in [5.74, 6) is 1.26. The van der Waals surface area contributed by atoms with E-state index < -0.39 is 0 Å². The molecule has 0 N–H and O–H groups in total. The van der Waals surface area contributed by atoms with Gasteiger partial charge in [0.2, 0.25) is 0 Å². The Balaban J connectivity index is 2.02. The van der Waals surface area contributed by atoms with E-state index in [4.69, 9.17) is 9.72 Å². The zero-order valence-electron chi connectivity index (χ0n) is 15.9. The zero-order valence-corrected chi connectivity index (χ0v) is 16.7. The van der Waals surface area contributed by atoms with Crippen LogP contribution in [0.3, 0.4) is 0 Å². The molecule has 27 heavy (non-hydrogen) atoms. The number of methoxy groups -OCH3 is 1. The lowest BCUT2D eigenvalue weighted by atomic mass is 10.1. The van der Waals surface area contributed by atoms with Gasteiger partial charge in [0.25, 0.3) is 5.56 Å². The Morgan fingerprint density at radius 3 is 2.63 bits per heavy atom. The predicted octanol–water partition coefficient (Wildman–Crippen LogP) is 4.48. The van der Waals surface area contributed by atoms with Crippen molar-refractivity contribution in [1.29, 1.82) is 0 Å². The van der Waals surface area contributed by atoms with E-state index in [9.17, 15) is 9.59 Å². The normalized spacial score (nSPS) is 11.1. The lowest BCUT2D eigenvalue weighted by Crippen LogP contribution is -2.25. The van der Waals surface area contributed by atoms with Crippen LogP contribution in [0.4, 0.5) is 0 Å². The third-order valence-electron chi connectivity index (χ3n) is 4.34.